The number of hydrogen-bond donors (Lipinski definition) is 2. The van der Waals surface area contributed by atoms with Crippen LogP contribution in [0.3, 0.4) is 0 Å². The summed E-state index contributed by atoms with van der Waals surface area (Å²) < 4.78 is 0.631. The fourth-order valence-corrected chi connectivity index (χ4v) is 2.46. The van der Waals surface area contributed by atoms with Crippen LogP contribution >= 0.6 is 15.9 Å². The molecule has 0 fully saturated rings. The van der Waals surface area contributed by atoms with Crippen LogP contribution in [-0.4, -0.2) is 10.9 Å². The summed E-state index contributed by atoms with van der Waals surface area (Å²) >= 11 is 3.31. The normalized spacial score (nSPS) is 13.1. The molecule has 5 heteroatoms. The molecule has 0 saturated carbocycles. The van der Waals surface area contributed by atoms with Gasteiger partial charge in [-0.25, -0.2) is 4.98 Å². The van der Waals surface area contributed by atoms with Crippen LogP contribution in [0.15, 0.2) is 41.1 Å². The van der Waals surface area contributed by atoms with E-state index in [2.05, 4.69) is 31.5 Å². The number of nitrogens with zero attached hydrogens (tertiary/aromatic N) is 1. The summed E-state index contributed by atoms with van der Waals surface area (Å²) in [7, 11) is 0. The summed E-state index contributed by atoms with van der Waals surface area (Å²) in [5.74, 6) is -0.122. The van der Waals surface area contributed by atoms with Crippen molar-refractivity contribution >= 4 is 27.5 Å². The first kappa shape index (κ1) is 12.3. The topological polar surface area (TPSA) is 54.0 Å². The lowest BCUT2D eigenvalue weighted by Gasteiger charge is -2.07. The number of halogens is 1. The van der Waals surface area contributed by atoms with Gasteiger partial charge in [-0.1, -0.05) is 6.07 Å². The lowest BCUT2D eigenvalue weighted by atomic mass is 10.1. The van der Waals surface area contributed by atoms with Gasteiger partial charge < -0.3 is 10.6 Å². The molecule has 0 saturated heterocycles. The van der Waals surface area contributed by atoms with Crippen molar-refractivity contribution in [3.05, 3.63) is 57.8 Å². The molecular formula is C14H12BrN3O. The Balaban J connectivity index is 1.83. The second-order valence-corrected chi connectivity index (χ2v) is 5.13. The van der Waals surface area contributed by atoms with Crippen molar-refractivity contribution in [3.63, 3.8) is 0 Å². The van der Waals surface area contributed by atoms with Crippen LogP contribution < -0.4 is 10.6 Å². The summed E-state index contributed by atoms with van der Waals surface area (Å²) in [4.78, 5) is 16.3. The van der Waals surface area contributed by atoms with Crippen LogP contribution in [0.25, 0.3) is 0 Å². The van der Waals surface area contributed by atoms with Crippen LogP contribution in [0.1, 0.15) is 21.5 Å². The first-order valence-electron chi connectivity index (χ1n) is 5.98. The van der Waals surface area contributed by atoms with Gasteiger partial charge in [0, 0.05) is 24.8 Å². The van der Waals surface area contributed by atoms with Crippen LogP contribution in [-0.2, 0) is 13.1 Å². The van der Waals surface area contributed by atoms with E-state index < -0.39 is 0 Å². The van der Waals surface area contributed by atoms with Crippen LogP contribution in [0.2, 0.25) is 0 Å². The lowest BCUT2D eigenvalue weighted by molar-refractivity contribution is 0.102. The molecule has 3 rings (SSSR count). The third-order valence-electron chi connectivity index (χ3n) is 3.11. The maximum Gasteiger partial charge on any atom is 0.255 e. The van der Waals surface area contributed by atoms with Crippen molar-refractivity contribution < 1.29 is 4.79 Å². The average Bonchev–Trinajstić information content (AvgIpc) is 2.88. The molecule has 0 atom stereocenters. The zero-order chi connectivity index (χ0) is 13.2. The molecule has 0 unspecified atom stereocenters. The molecule has 1 aromatic carbocycles. The van der Waals surface area contributed by atoms with E-state index in [1.54, 1.807) is 12.3 Å². The van der Waals surface area contributed by atoms with Crippen molar-refractivity contribution in [2.24, 2.45) is 0 Å². The molecule has 96 valence electrons. The quantitative estimate of drug-likeness (QED) is 0.837. The van der Waals surface area contributed by atoms with Gasteiger partial charge >= 0.3 is 0 Å². The number of benzene rings is 1. The second kappa shape index (κ2) is 5.11. The van der Waals surface area contributed by atoms with Crippen LogP contribution in [0, 0.1) is 0 Å². The minimum absolute atomic E-state index is 0.122. The standard InChI is InChI=1S/C14H12BrN3O/c15-13-12(2-1-5-17-13)18-14(19)9-3-4-10-7-16-8-11(10)6-9/h1-6,16H,7-8H2,(H,18,19). The molecular weight excluding hydrogens is 306 g/mol. The van der Waals surface area contributed by atoms with Crippen LogP contribution in [0.5, 0.6) is 0 Å². The summed E-state index contributed by atoms with van der Waals surface area (Å²) in [6, 6.07) is 9.39. The SMILES string of the molecule is O=C(Nc1cccnc1Br)c1ccc2c(c1)CNC2. The van der Waals surface area contributed by atoms with Gasteiger partial charge in [0.2, 0.25) is 0 Å². The number of nitrogens with one attached hydrogen (secondary N) is 2. The van der Waals surface area contributed by atoms with Gasteiger partial charge in [-0.05, 0) is 51.3 Å². The maximum atomic E-state index is 12.2. The molecule has 0 bridgehead atoms. The zero-order valence-corrected chi connectivity index (χ0v) is 11.7. The fourth-order valence-electron chi connectivity index (χ4n) is 2.11. The van der Waals surface area contributed by atoms with Gasteiger partial charge in [-0.15, -0.1) is 0 Å². The Labute approximate surface area is 119 Å². The summed E-state index contributed by atoms with van der Waals surface area (Å²) in [6.45, 7) is 1.71. The largest absolute Gasteiger partial charge is 0.320 e. The molecule has 2 heterocycles. The number of carbonyl (C=O) groups excluding carboxylic acids is 1. The van der Waals surface area contributed by atoms with Gasteiger partial charge in [-0.2, -0.15) is 0 Å². The van der Waals surface area contributed by atoms with Gasteiger partial charge in [0.25, 0.3) is 5.91 Å². The number of fused-ring (bicyclic) bond motifs is 1. The molecule has 1 aromatic heterocycles. The summed E-state index contributed by atoms with van der Waals surface area (Å²) in [6.07, 6.45) is 1.67. The summed E-state index contributed by atoms with van der Waals surface area (Å²) in [5, 5.41) is 6.11. The second-order valence-electron chi connectivity index (χ2n) is 4.38. The highest BCUT2D eigenvalue weighted by molar-refractivity contribution is 9.10. The van der Waals surface area contributed by atoms with Crippen molar-refractivity contribution in [1.29, 1.82) is 0 Å². The minimum Gasteiger partial charge on any atom is -0.320 e. The lowest BCUT2D eigenvalue weighted by Crippen LogP contribution is -2.13. The average molecular weight is 318 g/mol. The molecule has 19 heavy (non-hydrogen) atoms. The number of pyridine rings is 1. The van der Waals surface area contributed by atoms with Crippen molar-refractivity contribution in [2.75, 3.05) is 5.32 Å². The molecule has 2 N–H and O–H groups in total. The molecule has 0 aliphatic carbocycles. The Bertz CT molecular complexity index is 642. The van der Waals surface area contributed by atoms with Gasteiger partial charge in [-0.3, -0.25) is 4.79 Å². The van der Waals surface area contributed by atoms with Crippen molar-refractivity contribution in [2.45, 2.75) is 13.1 Å². The highest BCUT2D eigenvalue weighted by Gasteiger charge is 2.14. The van der Waals surface area contributed by atoms with E-state index in [-0.39, 0.29) is 5.91 Å². The van der Waals surface area contributed by atoms with Gasteiger partial charge in [0.1, 0.15) is 4.60 Å². The number of hydrogen-bond acceptors (Lipinski definition) is 3. The van der Waals surface area contributed by atoms with E-state index in [0.29, 0.717) is 15.9 Å². The van der Waals surface area contributed by atoms with Gasteiger partial charge in [0.15, 0.2) is 0 Å². The Kier molecular flexibility index (Phi) is 3.31. The van der Waals surface area contributed by atoms with E-state index in [0.717, 1.165) is 13.1 Å². The number of aromatic nitrogens is 1. The third-order valence-corrected chi connectivity index (χ3v) is 3.74. The van der Waals surface area contributed by atoms with Crippen LogP contribution in [0.4, 0.5) is 5.69 Å². The van der Waals surface area contributed by atoms with Crippen molar-refractivity contribution in [1.82, 2.24) is 10.3 Å². The highest BCUT2D eigenvalue weighted by atomic mass is 79.9. The number of amides is 1. The molecule has 0 spiro atoms. The number of rotatable bonds is 2. The molecule has 4 nitrogen and oxygen atoms in total. The Morgan fingerprint density at radius 3 is 2.95 bits per heavy atom. The summed E-state index contributed by atoms with van der Waals surface area (Å²) in [5.41, 5.74) is 3.79. The Hall–Kier alpha value is -1.72. The Morgan fingerprint density at radius 1 is 1.26 bits per heavy atom. The first-order valence-corrected chi connectivity index (χ1v) is 6.78. The van der Waals surface area contributed by atoms with E-state index in [9.17, 15) is 4.79 Å². The van der Waals surface area contributed by atoms with E-state index in [4.69, 9.17) is 0 Å². The first-order chi connectivity index (χ1) is 9.24. The predicted molar refractivity (Wildman–Crippen MR) is 76.9 cm³/mol. The molecule has 2 aromatic rings. The highest BCUT2D eigenvalue weighted by Crippen LogP contribution is 2.21. The van der Waals surface area contributed by atoms with E-state index in [1.165, 1.54) is 11.1 Å². The molecule has 1 amide bonds. The maximum absolute atomic E-state index is 12.2. The zero-order valence-electron chi connectivity index (χ0n) is 10.1. The van der Waals surface area contributed by atoms with Crippen molar-refractivity contribution in [3.8, 4) is 0 Å². The fraction of sp³-hybridized carbons (Fsp3) is 0.143. The third kappa shape index (κ3) is 2.52. The smallest absolute Gasteiger partial charge is 0.255 e. The van der Waals surface area contributed by atoms with E-state index >= 15 is 0 Å². The van der Waals surface area contributed by atoms with Gasteiger partial charge in [0.05, 0.1) is 5.69 Å². The minimum atomic E-state index is -0.122. The number of carbonyl (C=O) groups is 1. The molecule has 1 aliphatic rings. The Morgan fingerprint density at radius 2 is 2.11 bits per heavy atom. The molecule has 0 radical (unpaired) electrons. The predicted octanol–water partition coefficient (Wildman–Crippen LogP) is 2.70. The monoisotopic (exact) mass is 317 g/mol. The van der Waals surface area contributed by atoms with E-state index in [1.807, 2.05) is 24.3 Å². The number of anilines is 1. The molecule has 1 aliphatic heterocycles.